The monoisotopic (exact) mass is 391 g/mol. The van der Waals surface area contributed by atoms with Crippen molar-refractivity contribution in [1.82, 2.24) is 15.1 Å². The second-order valence-electron chi connectivity index (χ2n) is 3.84. The van der Waals surface area contributed by atoms with Crippen molar-refractivity contribution >= 4 is 43.2 Å². The average Bonchev–Trinajstić information content (AvgIpc) is 2.92. The summed E-state index contributed by atoms with van der Waals surface area (Å²) < 4.78 is 4.32. The van der Waals surface area contributed by atoms with Gasteiger partial charge in [-0.15, -0.1) is 11.3 Å². The van der Waals surface area contributed by atoms with Crippen LogP contribution >= 0.6 is 43.2 Å². The quantitative estimate of drug-likeness (QED) is 0.826. The van der Waals surface area contributed by atoms with Crippen molar-refractivity contribution in [2.75, 3.05) is 6.54 Å². The Kier molecular flexibility index (Phi) is 5.00. The van der Waals surface area contributed by atoms with Crippen molar-refractivity contribution in [1.29, 1.82) is 0 Å². The maximum absolute atomic E-state index is 4.35. The molecular formula is C12H15Br2N3S. The van der Waals surface area contributed by atoms with Crippen LogP contribution in [0.1, 0.15) is 31.1 Å². The van der Waals surface area contributed by atoms with Crippen LogP contribution < -0.4 is 5.32 Å². The summed E-state index contributed by atoms with van der Waals surface area (Å²) in [4.78, 5) is 0. The number of nitrogens with one attached hydrogen (secondary N) is 1. The molecule has 0 aliphatic heterocycles. The predicted molar refractivity (Wildman–Crippen MR) is 83.1 cm³/mol. The van der Waals surface area contributed by atoms with E-state index in [1.807, 2.05) is 10.9 Å². The number of aromatic nitrogens is 2. The van der Waals surface area contributed by atoms with Crippen LogP contribution in [0, 0.1) is 0 Å². The van der Waals surface area contributed by atoms with E-state index in [-0.39, 0.29) is 6.04 Å². The van der Waals surface area contributed by atoms with E-state index >= 15 is 0 Å². The first kappa shape index (κ1) is 14.2. The van der Waals surface area contributed by atoms with Gasteiger partial charge in [-0.25, -0.2) is 0 Å². The third-order valence-corrected chi connectivity index (χ3v) is 5.13. The molecule has 0 saturated carbocycles. The number of hydrogen-bond donors (Lipinski definition) is 1. The molecule has 98 valence electrons. The van der Waals surface area contributed by atoms with Gasteiger partial charge in [0.05, 0.1) is 19.3 Å². The van der Waals surface area contributed by atoms with E-state index in [9.17, 15) is 0 Å². The minimum absolute atomic E-state index is 0.175. The van der Waals surface area contributed by atoms with E-state index in [1.54, 1.807) is 11.3 Å². The molecule has 2 rings (SSSR count). The number of hydrogen-bond acceptors (Lipinski definition) is 3. The minimum Gasteiger partial charge on any atom is -0.305 e. The molecule has 1 unspecified atom stereocenters. The van der Waals surface area contributed by atoms with Gasteiger partial charge in [-0.2, -0.15) is 5.10 Å². The first-order valence-electron chi connectivity index (χ1n) is 5.87. The smallest absolute Gasteiger partial charge is 0.0767 e. The van der Waals surface area contributed by atoms with Crippen LogP contribution in [-0.2, 0) is 6.54 Å². The fraction of sp³-hybridized carbons (Fsp3) is 0.417. The number of halogens is 2. The SMILES string of the molecule is CCNC(c1cc(Br)sc1Br)c1ccnn1CC. The molecule has 2 heterocycles. The number of thiophene rings is 1. The lowest BCUT2D eigenvalue weighted by Gasteiger charge is -2.18. The topological polar surface area (TPSA) is 29.9 Å². The van der Waals surface area contributed by atoms with E-state index in [0.29, 0.717) is 0 Å². The summed E-state index contributed by atoms with van der Waals surface area (Å²) in [6.45, 7) is 6.03. The van der Waals surface area contributed by atoms with Crippen molar-refractivity contribution in [2.45, 2.75) is 26.4 Å². The number of rotatable bonds is 5. The summed E-state index contributed by atoms with van der Waals surface area (Å²) in [7, 11) is 0. The summed E-state index contributed by atoms with van der Waals surface area (Å²) in [5.41, 5.74) is 2.45. The fourth-order valence-electron chi connectivity index (χ4n) is 1.98. The van der Waals surface area contributed by atoms with Gasteiger partial charge < -0.3 is 5.32 Å². The average molecular weight is 393 g/mol. The molecule has 2 aromatic heterocycles. The minimum atomic E-state index is 0.175. The van der Waals surface area contributed by atoms with Gasteiger partial charge in [-0.05, 0) is 57.5 Å². The Morgan fingerprint density at radius 1 is 1.44 bits per heavy atom. The Balaban J connectivity index is 2.42. The van der Waals surface area contributed by atoms with Crippen molar-refractivity contribution < 1.29 is 0 Å². The molecule has 0 aliphatic rings. The number of nitrogens with zero attached hydrogens (tertiary/aromatic N) is 2. The van der Waals surface area contributed by atoms with E-state index in [4.69, 9.17) is 0 Å². The first-order valence-corrected chi connectivity index (χ1v) is 8.27. The van der Waals surface area contributed by atoms with Gasteiger partial charge in [0.25, 0.3) is 0 Å². The molecule has 3 nitrogen and oxygen atoms in total. The van der Waals surface area contributed by atoms with Crippen LogP contribution in [0.2, 0.25) is 0 Å². The van der Waals surface area contributed by atoms with E-state index < -0.39 is 0 Å². The maximum Gasteiger partial charge on any atom is 0.0767 e. The fourth-order valence-corrected chi connectivity index (χ4v) is 4.88. The molecule has 0 radical (unpaired) electrons. The molecule has 18 heavy (non-hydrogen) atoms. The van der Waals surface area contributed by atoms with Crippen molar-refractivity contribution in [2.24, 2.45) is 0 Å². The highest BCUT2D eigenvalue weighted by atomic mass is 79.9. The second kappa shape index (κ2) is 6.32. The van der Waals surface area contributed by atoms with Crippen LogP contribution in [0.5, 0.6) is 0 Å². The van der Waals surface area contributed by atoms with E-state index in [1.165, 1.54) is 11.3 Å². The van der Waals surface area contributed by atoms with Crippen LogP contribution in [0.15, 0.2) is 25.9 Å². The van der Waals surface area contributed by atoms with Crippen LogP contribution in [0.4, 0.5) is 0 Å². The summed E-state index contributed by atoms with van der Waals surface area (Å²) in [5, 5.41) is 7.88. The Morgan fingerprint density at radius 2 is 2.22 bits per heavy atom. The summed E-state index contributed by atoms with van der Waals surface area (Å²) in [6.07, 6.45) is 1.86. The third-order valence-electron chi connectivity index (χ3n) is 2.75. The van der Waals surface area contributed by atoms with Gasteiger partial charge in [0.1, 0.15) is 0 Å². The summed E-state index contributed by atoms with van der Waals surface area (Å²) >= 11 is 8.88. The second-order valence-corrected chi connectivity index (χ2v) is 7.59. The van der Waals surface area contributed by atoms with Crippen LogP contribution in [0.25, 0.3) is 0 Å². The Labute approximate surface area is 128 Å². The van der Waals surface area contributed by atoms with Crippen LogP contribution in [-0.4, -0.2) is 16.3 Å². The van der Waals surface area contributed by atoms with E-state index in [0.717, 1.165) is 20.7 Å². The van der Waals surface area contributed by atoms with Gasteiger partial charge in [-0.3, -0.25) is 4.68 Å². The molecule has 2 aromatic rings. The third kappa shape index (κ3) is 2.87. The van der Waals surface area contributed by atoms with Gasteiger partial charge in [-0.1, -0.05) is 6.92 Å². The molecule has 0 amide bonds. The van der Waals surface area contributed by atoms with Gasteiger partial charge in [0.2, 0.25) is 0 Å². The molecule has 1 N–H and O–H groups in total. The number of aryl methyl sites for hydroxylation is 1. The Hall–Kier alpha value is -0.170. The zero-order valence-electron chi connectivity index (χ0n) is 10.3. The molecule has 6 heteroatoms. The van der Waals surface area contributed by atoms with Crippen molar-refractivity contribution in [3.8, 4) is 0 Å². The zero-order valence-corrected chi connectivity index (χ0v) is 14.3. The van der Waals surface area contributed by atoms with Crippen LogP contribution in [0.3, 0.4) is 0 Å². The van der Waals surface area contributed by atoms with Crippen molar-refractivity contribution in [3.05, 3.63) is 37.2 Å². The lowest BCUT2D eigenvalue weighted by Crippen LogP contribution is -2.24. The van der Waals surface area contributed by atoms with Crippen molar-refractivity contribution in [3.63, 3.8) is 0 Å². The predicted octanol–water partition coefficient (Wildman–Crippen LogP) is 4.19. The maximum atomic E-state index is 4.35. The molecule has 0 spiro atoms. The summed E-state index contributed by atoms with van der Waals surface area (Å²) in [6, 6.07) is 4.42. The highest BCUT2D eigenvalue weighted by molar-refractivity contribution is 9.12. The first-order chi connectivity index (χ1) is 8.67. The molecule has 1 atom stereocenters. The standard InChI is InChI=1S/C12H15Br2N3S/c1-3-15-11(8-7-10(13)18-12(8)14)9-5-6-16-17(9)4-2/h5-7,11,15H,3-4H2,1-2H3. The van der Waals surface area contributed by atoms with Gasteiger partial charge in [0.15, 0.2) is 0 Å². The normalized spacial score (nSPS) is 12.9. The molecule has 0 fully saturated rings. The summed E-state index contributed by atoms with van der Waals surface area (Å²) in [5.74, 6) is 0. The highest BCUT2D eigenvalue weighted by Crippen LogP contribution is 2.37. The Bertz CT molecular complexity index is 521. The molecule has 0 bridgehead atoms. The lowest BCUT2D eigenvalue weighted by atomic mass is 10.1. The molecule has 0 aromatic carbocycles. The van der Waals surface area contributed by atoms with Gasteiger partial charge in [0, 0.05) is 18.3 Å². The molecular weight excluding hydrogens is 378 g/mol. The van der Waals surface area contributed by atoms with Gasteiger partial charge >= 0.3 is 0 Å². The largest absolute Gasteiger partial charge is 0.305 e. The molecule has 0 aliphatic carbocycles. The Morgan fingerprint density at radius 3 is 2.78 bits per heavy atom. The highest BCUT2D eigenvalue weighted by Gasteiger charge is 2.21. The lowest BCUT2D eigenvalue weighted by molar-refractivity contribution is 0.542. The van der Waals surface area contributed by atoms with E-state index in [2.05, 4.69) is 68.3 Å². The zero-order chi connectivity index (χ0) is 13.1. The molecule has 0 saturated heterocycles.